The second kappa shape index (κ2) is 6.14. The summed E-state index contributed by atoms with van der Waals surface area (Å²) >= 11 is 3.36. The lowest BCUT2D eigenvalue weighted by Crippen LogP contribution is -2.37. The summed E-state index contributed by atoms with van der Waals surface area (Å²) in [5, 5.41) is 0. The molecule has 0 radical (unpaired) electrons. The van der Waals surface area contributed by atoms with Crippen molar-refractivity contribution in [2.75, 3.05) is 11.4 Å². The van der Waals surface area contributed by atoms with Crippen LogP contribution in [0.1, 0.15) is 26.2 Å². The van der Waals surface area contributed by atoms with Crippen LogP contribution in [0.5, 0.6) is 0 Å². The van der Waals surface area contributed by atoms with Crippen LogP contribution in [0.25, 0.3) is 0 Å². The van der Waals surface area contributed by atoms with Gasteiger partial charge in [-0.25, -0.2) is 4.98 Å². The van der Waals surface area contributed by atoms with Gasteiger partial charge in [0.1, 0.15) is 5.82 Å². The molecule has 1 aliphatic rings. The topological polar surface area (TPSA) is 33.2 Å². The lowest BCUT2D eigenvalue weighted by molar-refractivity contribution is -0.122. The van der Waals surface area contributed by atoms with Gasteiger partial charge in [0.05, 0.1) is 0 Å². The van der Waals surface area contributed by atoms with E-state index >= 15 is 0 Å². The van der Waals surface area contributed by atoms with E-state index in [1.165, 1.54) is 0 Å². The van der Waals surface area contributed by atoms with Gasteiger partial charge in [-0.3, -0.25) is 9.69 Å². The van der Waals surface area contributed by atoms with Gasteiger partial charge in [0.2, 0.25) is 5.91 Å². The van der Waals surface area contributed by atoms with E-state index in [1.807, 2.05) is 19.1 Å². The van der Waals surface area contributed by atoms with Gasteiger partial charge in [0.15, 0.2) is 0 Å². The monoisotopic (exact) mass is 308 g/mol. The molecule has 1 aromatic heterocycles. The van der Waals surface area contributed by atoms with Crippen LogP contribution in [0.4, 0.5) is 5.82 Å². The van der Waals surface area contributed by atoms with Crippen molar-refractivity contribution < 1.29 is 4.79 Å². The fourth-order valence-corrected chi connectivity index (χ4v) is 2.43. The van der Waals surface area contributed by atoms with Gasteiger partial charge in [-0.05, 0) is 54.2 Å². The predicted molar refractivity (Wildman–Crippen MR) is 76.4 cm³/mol. The molecule has 0 saturated heterocycles. The third-order valence-electron chi connectivity index (χ3n) is 3.19. The number of aromatic nitrogens is 1. The lowest BCUT2D eigenvalue weighted by Gasteiger charge is -2.26. The summed E-state index contributed by atoms with van der Waals surface area (Å²) in [6.07, 6.45) is 8.79. The molecule has 0 spiro atoms. The van der Waals surface area contributed by atoms with E-state index in [2.05, 4.69) is 33.1 Å². The summed E-state index contributed by atoms with van der Waals surface area (Å²) in [6, 6.07) is 3.79. The molecule has 1 heterocycles. The summed E-state index contributed by atoms with van der Waals surface area (Å²) in [4.78, 5) is 18.5. The quantitative estimate of drug-likeness (QED) is 0.800. The van der Waals surface area contributed by atoms with Crippen LogP contribution in [0.3, 0.4) is 0 Å². The van der Waals surface area contributed by atoms with E-state index in [0.717, 1.165) is 29.6 Å². The summed E-state index contributed by atoms with van der Waals surface area (Å²) in [5.74, 6) is 1.04. The van der Waals surface area contributed by atoms with Crippen LogP contribution in [0.2, 0.25) is 0 Å². The van der Waals surface area contributed by atoms with Crippen molar-refractivity contribution in [3.05, 3.63) is 35.0 Å². The number of anilines is 1. The van der Waals surface area contributed by atoms with E-state index in [-0.39, 0.29) is 11.8 Å². The molecule has 1 atom stereocenters. The number of allylic oxidation sites excluding steroid dienone is 2. The number of hydrogen-bond acceptors (Lipinski definition) is 2. The lowest BCUT2D eigenvalue weighted by atomic mass is 9.93. The standard InChI is InChI=1S/C14H17BrN2O/c1-2-17(13-9-8-12(15)10-16-13)14(18)11-6-4-3-5-7-11/h3-4,8-11H,2,5-7H2,1H3/t11-/m0/s1. The van der Waals surface area contributed by atoms with Crippen molar-refractivity contribution in [1.29, 1.82) is 0 Å². The highest BCUT2D eigenvalue weighted by Crippen LogP contribution is 2.23. The van der Waals surface area contributed by atoms with E-state index in [0.29, 0.717) is 6.54 Å². The zero-order valence-electron chi connectivity index (χ0n) is 10.5. The molecule has 1 aliphatic carbocycles. The normalized spacial score (nSPS) is 18.7. The zero-order valence-corrected chi connectivity index (χ0v) is 12.1. The molecule has 96 valence electrons. The average Bonchev–Trinajstić information content (AvgIpc) is 2.42. The van der Waals surface area contributed by atoms with Crippen LogP contribution in [-0.2, 0) is 4.79 Å². The summed E-state index contributed by atoms with van der Waals surface area (Å²) in [7, 11) is 0. The molecule has 0 bridgehead atoms. The third kappa shape index (κ3) is 2.99. The first kappa shape index (κ1) is 13.3. The number of amides is 1. The Hall–Kier alpha value is -1.16. The Morgan fingerprint density at radius 1 is 1.50 bits per heavy atom. The Bertz CT molecular complexity index is 442. The van der Waals surface area contributed by atoms with Gasteiger partial charge in [-0.2, -0.15) is 0 Å². The van der Waals surface area contributed by atoms with E-state index in [9.17, 15) is 4.79 Å². The average molecular weight is 309 g/mol. The second-order valence-corrected chi connectivity index (χ2v) is 5.31. The minimum atomic E-state index is 0.111. The Balaban J connectivity index is 2.14. The second-order valence-electron chi connectivity index (χ2n) is 4.40. The number of hydrogen-bond donors (Lipinski definition) is 0. The smallest absolute Gasteiger partial charge is 0.231 e. The summed E-state index contributed by atoms with van der Waals surface area (Å²) in [5.41, 5.74) is 0. The van der Waals surface area contributed by atoms with E-state index in [1.54, 1.807) is 11.1 Å². The fourth-order valence-electron chi connectivity index (χ4n) is 2.20. The summed E-state index contributed by atoms with van der Waals surface area (Å²) < 4.78 is 0.926. The highest BCUT2D eigenvalue weighted by atomic mass is 79.9. The molecule has 4 heteroatoms. The SMILES string of the molecule is CCN(C(=O)[C@H]1CC=CCC1)c1ccc(Br)cn1. The molecule has 0 fully saturated rings. The van der Waals surface area contributed by atoms with Crippen LogP contribution >= 0.6 is 15.9 Å². The van der Waals surface area contributed by atoms with Crippen molar-refractivity contribution in [3.8, 4) is 0 Å². The first-order chi connectivity index (χ1) is 8.72. The molecule has 0 unspecified atom stereocenters. The maximum Gasteiger partial charge on any atom is 0.231 e. The molecule has 0 aromatic carbocycles. The zero-order chi connectivity index (χ0) is 13.0. The Morgan fingerprint density at radius 2 is 2.33 bits per heavy atom. The van der Waals surface area contributed by atoms with Gasteiger partial charge in [0, 0.05) is 23.1 Å². The van der Waals surface area contributed by atoms with Gasteiger partial charge < -0.3 is 0 Å². The van der Waals surface area contributed by atoms with Gasteiger partial charge in [0.25, 0.3) is 0 Å². The maximum absolute atomic E-state index is 12.5. The van der Waals surface area contributed by atoms with Gasteiger partial charge in [-0.1, -0.05) is 12.2 Å². The molecule has 18 heavy (non-hydrogen) atoms. The van der Waals surface area contributed by atoms with E-state index in [4.69, 9.17) is 0 Å². The molecule has 0 N–H and O–H groups in total. The number of halogens is 1. The molecule has 3 nitrogen and oxygen atoms in total. The molecular formula is C14H17BrN2O. The molecule has 1 aromatic rings. The molecule has 2 rings (SSSR count). The van der Waals surface area contributed by atoms with Crippen molar-refractivity contribution >= 4 is 27.7 Å². The highest BCUT2D eigenvalue weighted by molar-refractivity contribution is 9.10. The van der Waals surface area contributed by atoms with Crippen molar-refractivity contribution in [3.63, 3.8) is 0 Å². The third-order valence-corrected chi connectivity index (χ3v) is 3.66. The van der Waals surface area contributed by atoms with Crippen LogP contribution < -0.4 is 4.90 Å². The molecule has 0 aliphatic heterocycles. The van der Waals surface area contributed by atoms with Gasteiger partial charge >= 0.3 is 0 Å². The van der Waals surface area contributed by atoms with Crippen LogP contribution in [-0.4, -0.2) is 17.4 Å². The minimum absolute atomic E-state index is 0.111. The number of rotatable bonds is 3. The Labute approximate surface area is 116 Å². The largest absolute Gasteiger partial charge is 0.297 e. The van der Waals surface area contributed by atoms with Crippen molar-refractivity contribution in [1.82, 2.24) is 4.98 Å². The number of carbonyl (C=O) groups is 1. The molecule has 0 saturated carbocycles. The minimum Gasteiger partial charge on any atom is -0.297 e. The number of nitrogens with zero attached hydrogens (tertiary/aromatic N) is 2. The summed E-state index contributed by atoms with van der Waals surface area (Å²) in [6.45, 7) is 2.65. The van der Waals surface area contributed by atoms with Crippen molar-refractivity contribution in [2.24, 2.45) is 5.92 Å². The predicted octanol–water partition coefficient (Wildman–Crippen LogP) is 3.55. The molecule has 1 amide bonds. The van der Waals surface area contributed by atoms with Gasteiger partial charge in [-0.15, -0.1) is 0 Å². The number of pyridine rings is 1. The Kier molecular flexibility index (Phi) is 4.53. The first-order valence-corrected chi connectivity index (χ1v) is 7.09. The first-order valence-electron chi connectivity index (χ1n) is 6.30. The van der Waals surface area contributed by atoms with Crippen LogP contribution in [0.15, 0.2) is 35.0 Å². The van der Waals surface area contributed by atoms with E-state index < -0.39 is 0 Å². The number of carbonyl (C=O) groups excluding carboxylic acids is 1. The molecular weight excluding hydrogens is 292 g/mol. The highest BCUT2D eigenvalue weighted by Gasteiger charge is 2.24. The van der Waals surface area contributed by atoms with Crippen LogP contribution in [0, 0.1) is 5.92 Å². The Morgan fingerprint density at radius 3 is 2.89 bits per heavy atom. The fraction of sp³-hybridized carbons (Fsp3) is 0.429. The maximum atomic E-state index is 12.5. The van der Waals surface area contributed by atoms with Crippen molar-refractivity contribution in [2.45, 2.75) is 26.2 Å².